The molecule has 0 aromatic heterocycles. The maximum Gasteiger partial charge on any atom is 0.335 e. The number of aromatic carboxylic acids is 1. The number of hydrogen-bond acceptors (Lipinski definition) is 3. The van der Waals surface area contributed by atoms with Crippen molar-refractivity contribution in [1.82, 2.24) is 10.2 Å². The van der Waals surface area contributed by atoms with E-state index in [0.717, 1.165) is 43.5 Å². The van der Waals surface area contributed by atoms with Gasteiger partial charge in [0.25, 0.3) is 0 Å². The summed E-state index contributed by atoms with van der Waals surface area (Å²) in [5.74, 6) is -0.729. The van der Waals surface area contributed by atoms with Crippen LogP contribution in [0.2, 0.25) is 0 Å². The summed E-state index contributed by atoms with van der Waals surface area (Å²) in [5, 5.41) is 12.5. The van der Waals surface area contributed by atoms with Crippen LogP contribution < -0.4 is 5.32 Å². The van der Waals surface area contributed by atoms with E-state index in [9.17, 15) is 9.59 Å². The van der Waals surface area contributed by atoms with Gasteiger partial charge in [0.05, 0.1) is 11.5 Å². The van der Waals surface area contributed by atoms with Crippen LogP contribution in [0.5, 0.6) is 0 Å². The molecule has 1 atom stereocenters. The smallest absolute Gasteiger partial charge is 0.335 e. The van der Waals surface area contributed by atoms with E-state index in [-0.39, 0.29) is 11.8 Å². The molecule has 0 aliphatic carbocycles. The van der Waals surface area contributed by atoms with Crippen molar-refractivity contribution in [3.63, 3.8) is 0 Å². The summed E-state index contributed by atoms with van der Waals surface area (Å²) in [5.41, 5.74) is 2.47. The number of nitrogens with one attached hydrogen (secondary N) is 1. The van der Waals surface area contributed by atoms with Gasteiger partial charge in [-0.1, -0.05) is 49.4 Å². The molecule has 0 bridgehead atoms. The molecule has 2 aromatic carbocycles. The number of nitrogens with zero attached hydrogens (tertiary/aromatic N) is 1. The Bertz CT molecular complexity index is 781. The third-order valence-corrected chi connectivity index (χ3v) is 5.51. The highest BCUT2D eigenvalue weighted by atomic mass is 16.4. The minimum Gasteiger partial charge on any atom is -0.478 e. The normalized spacial score (nSPS) is 16.0. The average molecular weight is 380 g/mol. The molecule has 1 saturated heterocycles. The Morgan fingerprint density at radius 1 is 1.07 bits per heavy atom. The maximum atomic E-state index is 13.0. The van der Waals surface area contributed by atoms with Gasteiger partial charge in [-0.05, 0) is 42.5 Å². The Hall–Kier alpha value is -2.66. The fourth-order valence-electron chi connectivity index (χ4n) is 3.79. The van der Waals surface area contributed by atoms with E-state index in [1.165, 1.54) is 0 Å². The Kier molecular flexibility index (Phi) is 6.82. The summed E-state index contributed by atoms with van der Waals surface area (Å²) in [4.78, 5) is 25.9. The Morgan fingerprint density at radius 2 is 1.71 bits per heavy atom. The molecular formula is C23H28N2O3. The lowest BCUT2D eigenvalue weighted by atomic mass is 9.93. The van der Waals surface area contributed by atoms with Gasteiger partial charge in [0.1, 0.15) is 0 Å². The summed E-state index contributed by atoms with van der Waals surface area (Å²) >= 11 is 0. The van der Waals surface area contributed by atoms with E-state index < -0.39 is 5.97 Å². The van der Waals surface area contributed by atoms with Gasteiger partial charge in [-0.25, -0.2) is 4.79 Å². The van der Waals surface area contributed by atoms with Crippen LogP contribution in [0, 0.1) is 0 Å². The molecule has 1 aliphatic rings. The van der Waals surface area contributed by atoms with Crippen LogP contribution in [0.25, 0.3) is 0 Å². The first-order valence-electron chi connectivity index (χ1n) is 9.97. The van der Waals surface area contributed by atoms with Gasteiger partial charge in [-0.2, -0.15) is 0 Å². The van der Waals surface area contributed by atoms with Gasteiger partial charge in [0.2, 0.25) is 5.91 Å². The Balaban J connectivity index is 1.48. The van der Waals surface area contributed by atoms with Gasteiger partial charge in [-0.15, -0.1) is 0 Å². The molecular weight excluding hydrogens is 352 g/mol. The number of benzene rings is 2. The van der Waals surface area contributed by atoms with Gasteiger partial charge < -0.3 is 15.3 Å². The van der Waals surface area contributed by atoms with E-state index in [1.807, 2.05) is 47.4 Å². The molecule has 5 heteroatoms. The molecule has 5 nitrogen and oxygen atoms in total. The summed E-state index contributed by atoms with van der Waals surface area (Å²) in [6.07, 6.45) is 2.68. The van der Waals surface area contributed by atoms with Crippen molar-refractivity contribution in [1.29, 1.82) is 0 Å². The second-order valence-electron chi connectivity index (χ2n) is 7.35. The average Bonchev–Trinajstić information content (AvgIpc) is 2.74. The van der Waals surface area contributed by atoms with Crippen molar-refractivity contribution < 1.29 is 14.7 Å². The van der Waals surface area contributed by atoms with Crippen molar-refractivity contribution in [2.24, 2.45) is 0 Å². The molecule has 1 fully saturated rings. The number of piperidine rings is 1. The van der Waals surface area contributed by atoms with Crippen LogP contribution in [0.15, 0.2) is 54.6 Å². The van der Waals surface area contributed by atoms with Crippen molar-refractivity contribution in [2.45, 2.75) is 44.7 Å². The second kappa shape index (κ2) is 9.51. The fourth-order valence-corrected chi connectivity index (χ4v) is 3.79. The fraction of sp³-hybridized carbons (Fsp3) is 0.391. The molecule has 0 saturated carbocycles. The van der Waals surface area contributed by atoms with Gasteiger partial charge in [-0.3, -0.25) is 4.79 Å². The zero-order valence-corrected chi connectivity index (χ0v) is 16.3. The van der Waals surface area contributed by atoms with Crippen LogP contribution >= 0.6 is 0 Å². The monoisotopic (exact) mass is 380 g/mol. The van der Waals surface area contributed by atoms with E-state index >= 15 is 0 Å². The van der Waals surface area contributed by atoms with Crippen LogP contribution in [0.3, 0.4) is 0 Å². The van der Waals surface area contributed by atoms with Crippen LogP contribution in [-0.2, 0) is 11.3 Å². The number of carbonyl (C=O) groups excluding carboxylic acids is 1. The maximum absolute atomic E-state index is 13.0. The topological polar surface area (TPSA) is 69.6 Å². The predicted molar refractivity (Wildman–Crippen MR) is 109 cm³/mol. The highest BCUT2D eigenvalue weighted by molar-refractivity contribution is 5.87. The van der Waals surface area contributed by atoms with E-state index in [0.29, 0.717) is 18.2 Å². The minimum atomic E-state index is -0.905. The molecule has 1 amide bonds. The standard InChI is InChI=1S/C23H28N2O3/c1-2-21(18-6-4-3-5-7-18)22(26)25-14-12-20(13-15-25)24-16-17-8-10-19(11-9-17)23(27)28/h3-11,20-21,24H,2,12-16H2,1H3,(H,27,28). The molecule has 1 unspecified atom stereocenters. The van der Waals surface area contributed by atoms with Gasteiger partial charge in [0.15, 0.2) is 0 Å². The number of hydrogen-bond donors (Lipinski definition) is 2. The van der Waals surface area contributed by atoms with E-state index in [2.05, 4.69) is 12.2 Å². The third kappa shape index (κ3) is 4.98. The summed E-state index contributed by atoms with van der Waals surface area (Å²) in [6.45, 7) is 4.33. The molecule has 3 rings (SSSR count). The second-order valence-corrected chi connectivity index (χ2v) is 7.35. The largest absolute Gasteiger partial charge is 0.478 e. The first-order chi connectivity index (χ1) is 13.6. The predicted octanol–water partition coefficient (Wildman–Crippen LogP) is 3.66. The molecule has 148 valence electrons. The molecule has 2 aromatic rings. The minimum absolute atomic E-state index is 0.0570. The van der Waals surface area contributed by atoms with Crippen LogP contribution in [0.1, 0.15) is 53.6 Å². The van der Waals surface area contributed by atoms with Crippen molar-refractivity contribution in [3.8, 4) is 0 Å². The number of likely N-dealkylation sites (tertiary alicyclic amines) is 1. The molecule has 0 spiro atoms. The Morgan fingerprint density at radius 3 is 2.29 bits per heavy atom. The highest BCUT2D eigenvalue weighted by Crippen LogP contribution is 2.24. The number of amides is 1. The number of carboxylic acid groups (broad SMARTS) is 1. The van der Waals surface area contributed by atoms with Crippen molar-refractivity contribution in [2.75, 3.05) is 13.1 Å². The zero-order valence-electron chi connectivity index (χ0n) is 16.3. The van der Waals surface area contributed by atoms with Gasteiger partial charge in [0, 0.05) is 25.7 Å². The number of carbonyl (C=O) groups is 2. The first kappa shape index (κ1) is 20.1. The van der Waals surface area contributed by atoms with Crippen molar-refractivity contribution >= 4 is 11.9 Å². The SMILES string of the molecule is CCC(C(=O)N1CCC(NCc2ccc(C(=O)O)cc2)CC1)c1ccccc1. The number of rotatable bonds is 7. The summed E-state index contributed by atoms with van der Waals surface area (Å²) in [7, 11) is 0. The van der Waals surface area contributed by atoms with Crippen LogP contribution in [-0.4, -0.2) is 41.0 Å². The van der Waals surface area contributed by atoms with E-state index in [4.69, 9.17) is 5.11 Å². The molecule has 1 aliphatic heterocycles. The zero-order chi connectivity index (χ0) is 19.9. The molecule has 1 heterocycles. The lowest BCUT2D eigenvalue weighted by molar-refractivity contribution is -0.134. The number of carboxylic acids is 1. The first-order valence-corrected chi connectivity index (χ1v) is 9.97. The summed E-state index contributed by atoms with van der Waals surface area (Å²) in [6, 6.07) is 17.4. The third-order valence-electron chi connectivity index (χ3n) is 5.51. The Labute approximate surface area is 166 Å². The van der Waals surface area contributed by atoms with E-state index in [1.54, 1.807) is 12.1 Å². The van der Waals surface area contributed by atoms with Crippen molar-refractivity contribution in [3.05, 3.63) is 71.3 Å². The summed E-state index contributed by atoms with van der Waals surface area (Å²) < 4.78 is 0. The van der Waals surface area contributed by atoms with Crippen LogP contribution in [0.4, 0.5) is 0 Å². The highest BCUT2D eigenvalue weighted by Gasteiger charge is 2.28. The molecule has 28 heavy (non-hydrogen) atoms. The lowest BCUT2D eigenvalue weighted by Crippen LogP contribution is -2.46. The van der Waals surface area contributed by atoms with Gasteiger partial charge >= 0.3 is 5.97 Å². The molecule has 0 radical (unpaired) electrons. The quantitative estimate of drug-likeness (QED) is 0.769. The lowest BCUT2D eigenvalue weighted by Gasteiger charge is -2.34. The molecule has 2 N–H and O–H groups in total.